The number of carbonyl (C=O) groups excluding carboxylic acids is 1. The molecule has 27 heavy (non-hydrogen) atoms. The second-order valence-corrected chi connectivity index (χ2v) is 7.46. The minimum Gasteiger partial charge on any atom is -0.378 e. The number of anilines is 3. The van der Waals surface area contributed by atoms with E-state index in [1.807, 2.05) is 14.1 Å². The summed E-state index contributed by atoms with van der Waals surface area (Å²) in [6.45, 7) is 7.69. The quantitative estimate of drug-likeness (QED) is 0.677. The summed E-state index contributed by atoms with van der Waals surface area (Å²) in [4.78, 5) is 32.0. The van der Waals surface area contributed by atoms with Gasteiger partial charge in [-0.1, -0.05) is 0 Å². The van der Waals surface area contributed by atoms with Crippen molar-refractivity contribution in [2.24, 2.45) is 0 Å². The highest BCUT2D eigenvalue weighted by Gasteiger charge is 2.43. The second kappa shape index (κ2) is 7.29. The number of halogens is 1. The van der Waals surface area contributed by atoms with Crippen molar-refractivity contribution in [2.75, 3.05) is 81.3 Å². The molecule has 0 aromatic carbocycles. The van der Waals surface area contributed by atoms with E-state index in [-0.39, 0.29) is 17.5 Å². The summed E-state index contributed by atoms with van der Waals surface area (Å²) in [5, 5.41) is 0.247. The second-order valence-electron chi connectivity index (χ2n) is 7.12. The first-order valence-corrected chi connectivity index (χ1v) is 9.76. The lowest BCUT2D eigenvalue weighted by molar-refractivity contribution is -0.135. The van der Waals surface area contributed by atoms with E-state index in [1.165, 1.54) is 0 Å². The first kappa shape index (κ1) is 18.5. The number of likely N-dealkylation sites (N-methyl/N-ethyl adjacent to an activating group) is 1. The third kappa shape index (κ3) is 3.17. The third-order valence-electron chi connectivity index (χ3n) is 5.53. The Morgan fingerprint density at radius 2 is 1.81 bits per heavy atom. The maximum Gasteiger partial charge on any atom is 0.236 e. The fourth-order valence-corrected chi connectivity index (χ4v) is 4.24. The van der Waals surface area contributed by atoms with Crippen molar-refractivity contribution in [1.29, 1.82) is 0 Å². The molecular formula is C17H26ClN7O2. The van der Waals surface area contributed by atoms with Gasteiger partial charge in [0, 0.05) is 46.8 Å². The summed E-state index contributed by atoms with van der Waals surface area (Å²) in [5.41, 5.74) is 0.972. The average molecular weight is 396 g/mol. The first-order valence-electron chi connectivity index (χ1n) is 9.39. The molecule has 1 amide bonds. The number of rotatable bonds is 3. The van der Waals surface area contributed by atoms with Gasteiger partial charge in [-0.2, -0.15) is 9.97 Å². The van der Waals surface area contributed by atoms with Crippen molar-refractivity contribution in [3.8, 4) is 0 Å². The Morgan fingerprint density at radius 1 is 1.11 bits per heavy atom. The van der Waals surface area contributed by atoms with Gasteiger partial charge in [0.15, 0.2) is 17.9 Å². The average Bonchev–Trinajstić information content (AvgIpc) is 2.95. The van der Waals surface area contributed by atoms with Gasteiger partial charge in [0.05, 0.1) is 19.8 Å². The van der Waals surface area contributed by atoms with Gasteiger partial charge in [-0.25, -0.2) is 0 Å². The van der Waals surface area contributed by atoms with Crippen molar-refractivity contribution >= 4 is 34.8 Å². The van der Waals surface area contributed by atoms with Gasteiger partial charge < -0.3 is 24.3 Å². The van der Waals surface area contributed by atoms with E-state index in [0.717, 1.165) is 50.0 Å². The molecule has 0 radical (unpaired) electrons. The van der Waals surface area contributed by atoms with E-state index >= 15 is 0 Å². The molecule has 1 unspecified atom stereocenters. The Bertz CT molecular complexity index is 727. The summed E-state index contributed by atoms with van der Waals surface area (Å²) in [7, 11) is 3.90. The van der Waals surface area contributed by atoms with Crippen LogP contribution < -0.4 is 14.7 Å². The summed E-state index contributed by atoms with van der Waals surface area (Å²) in [6, 6.07) is 0. The predicted molar refractivity (Wildman–Crippen MR) is 104 cm³/mol. The highest BCUT2D eigenvalue weighted by atomic mass is 35.5. The molecule has 1 aromatic heterocycles. The highest BCUT2D eigenvalue weighted by Crippen LogP contribution is 2.44. The zero-order chi connectivity index (χ0) is 19.1. The topological polar surface area (TPSA) is 68.3 Å². The number of ether oxygens (including phenoxy) is 1. The Labute approximate surface area is 164 Å². The molecule has 0 N–H and O–H groups in total. The molecule has 148 valence electrons. The van der Waals surface area contributed by atoms with Gasteiger partial charge in [-0.05, 0) is 18.5 Å². The normalized spacial score (nSPS) is 24.0. The lowest BCUT2D eigenvalue weighted by atomic mass is 10.3. The maximum atomic E-state index is 12.3. The molecule has 1 atom stereocenters. The van der Waals surface area contributed by atoms with E-state index in [1.54, 1.807) is 4.90 Å². The largest absolute Gasteiger partial charge is 0.378 e. The van der Waals surface area contributed by atoms with Gasteiger partial charge >= 0.3 is 0 Å². The zero-order valence-electron chi connectivity index (χ0n) is 16.1. The summed E-state index contributed by atoms with van der Waals surface area (Å²) < 4.78 is 5.49. The molecule has 3 aliphatic heterocycles. The van der Waals surface area contributed by atoms with Crippen LogP contribution in [0, 0.1) is 0 Å². The summed E-state index contributed by atoms with van der Waals surface area (Å²) >= 11 is 6.29. The van der Waals surface area contributed by atoms with E-state index in [2.05, 4.69) is 36.5 Å². The van der Waals surface area contributed by atoms with Crippen LogP contribution in [0.25, 0.3) is 0 Å². The first-order chi connectivity index (χ1) is 13.0. The molecule has 4 heterocycles. The molecular weight excluding hydrogens is 370 g/mol. The van der Waals surface area contributed by atoms with Crippen LogP contribution >= 0.6 is 11.6 Å². The van der Waals surface area contributed by atoms with Crippen molar-refractivity contribution in [3.05, 3.63) is 5.28 Å². The Morgan fingerprint density at radius 3 is 2.48 bits per heavy atom. The van der Waals surface area contributed by atoms with Crippen molar-refractivity contribution in [2.45, 2.75) is 13.2 Å². The van der Waals surface area contributed by atoms with Gasteiger partial charge in [0.25, 0.3) is 0 Å². The van der Waals surface area contributed by atoms with Crippen LogP contribution in [0.15, 0.2) is 0 Å². The number of fused-ring (bicyclic) bond motifs is 1. The predicted octanol–water partition coefficient (Wildman–Crippen LogP) is 0.300. The Hall–Kier alpha value is -1.84. The van der Waals surface area contributed by atoms with Gasteiger partial charge in [0.1, 0.15) is 5.69 Å². The number of nitrogens with zero attached hydrogens (tertiary/aromatic N) is 7. The Kier molecular flexibility index (Phi) is 5.00. The van der Waals surface area contributed by atoms with Crippen LogP contribution in [0.2, 0.25) is 5.28 Å². The molecule has 4 rings (SSSR count). The number of hydrogen-bond donors (Lipinski definition) is 0. The van der Waals surface area contributed by atoms with Gasteiger partial charge in [-0.15, -0.1) is 0 Å². The van der Waals surface area contributed by atoms with Crippen LogP contribution in [0.5, 0.6) is 0 Å². The van der Waals surface area contributed by atoms with Crippen molar-refractivity contribution in [3.63, 3.8) is 0 Å². The monoisotopic (exact) mass is 395 g/mol. The van der Waals surface area contributed by atoms with E-state index < -0.39 is 0 Å². The van der Waals surface area contributed by atoms with Crippen LogP contribution in [0.3, 0.4) is 0 Å². The SMILES string of the molecule is CCN1c2nc(Cl)nc(N3CCOCC3)c2N(C)C1N1CCN(C)C(=O)C1. The molecule has 0 bridgehead atoms. The Balaban J connectivity index is 1.71. The lowest BCUT2D eigenvalue weighted by Crippen LogP contribution is -2.60. The molecule has 2 fully saturated rings. The standard InChI is InChI=1S/C17H26ClN7O2/c1-4-25-15-13(14(19-16(18)20-15)23-7-9-27-10-8-23)22(3)17(25)24-6-5-21(2)12(26)11-24/h17H,4-11H2,1-3H3. The van der Waals surface area contributed by atoms with Crippen LogP contribution in [0.1, 0.15) is 6.92 Å². The fourth-order valence-electron chi connectivity index (χ4n) is 4.08. The third-order valence-corrected chi connectivity index (χ3v) is 5.70. The van der Waals surface area contributed by atoms with E-state index in [0.29, 0.717) is 19.8 Å². The number of morpholine rings is 1. The number of hydrogen-bond acceptors (Lipinski definition) is 8. The molecule has 10 heteroatoms. The van der Waals surface area contributed by atoms with Crippen LogP contribution in [0.4, 0.5) is 17.3 Å². The minimum absolute atomic E-state index is 0.0739. The minimum atomic E-state index is -0.0739. The number of aromatic nitrogens is 2. The number of amides is 1. The van der Waals surface area contributed by atoms with Gasteiger partial charge in [-0.3, -0.25) is 9.69 Å². The smallest absolute Gasteiger partial charge is 0.236 e. The van der Waals surface area contributed by atoms with Crippen LogP contribution in [-0.2, 0) is 9.53 Å². The molecule has 0 spiro atoms. The molecule has 0 aliphatic carbocycles. The van der Waals surface area contributed by atoms with Gasteiger partial charge in [0.2, 0.25) is 11.2 Å². The van der Waals surface area contributed by atoms with Crippen LogP contribution in [-0.4, -0.2) is 98.5 Å². The summed E-state index contributed by atoms with van der Waals surface area (Å²) in [6.07, 6.45) is -0.0739. The van der Waals surface area contributed by atoms with E-state index in [9.17, 15) is 4.79 Å². The molecule has 2 saturated heterocycles. The number of piperazine rings is 1. The molecule has 1 aromatic rings. The lowest BCUT2D eigenvalue weighted by Gasteiger charge is -2.42. The highest BCUT2D eigenvalue weighted by molar-refractivity contribution is 6.28. The maximum absolute atomic E-state index is 12.3. The van der Waals surface area contributed by atoms with Crippen molar-refractivity contribution in [1.82, 2.24) is 19.8 Å². The van der Waals surface area contributed by atoms with E-state index in [4.69, 9.17) is 16.3 Å². The van der Waals surface area contributed by atoms with Crippen molar-refractivity contribution < 1.29 is 9.53 Å². The molecule has 0 saturated carbocycles. The molecule has 9 nitrogen and oxygen atoms in total. The zero-order valence-corrected chi connectivity index (χ0v) is 16.8. The summed E-state index contributed by atoms with van der Waals surface area (Å²) in [5.74, 6) is 1.81. The number of carbonyl (C=O) groups is 1. The fraction of sp³-hybridized carbons (Fsp3) is 0.706. The molecule has 3 aliphatic rings.